The van der Waals surface area contributed by atoms with Crippen LogP contribution in [0.1, 0.15) is 37.2 Å². The van der Waals surface area contributed by atoms with Crippen molar-refractivity contribution in [3.8, 4) is 11.1 Å². The van der Waals surface area contributed by atoms with Gasteiger partial charge in [-0.1, -0.05) is 6.92 Å². The third-order valence-corrected chi connectivity index (χ3v) is 4.57. The number of hydrogen-bond acceptors (Lipinski definition) is 6. The lowest BCUT2D eigenvalue weighted by Crippen LogP contribution is -2.29. The molecule has 1 fully saturated rings. The minimum Gasteiger partial charge on any atom is -0.384 e. The van der Waals surface area contributed by atoms with E-state index in [0.29, 0.717) is 11.7 Å². The van der Waals surface area contributed by atoms with Gasteiger partial charge in [0.25, 0.3) is 0 Å². The molecule has 24 heavy (non-hydrogen) atoms. The van der Waals surface area contributed by atoms with Gasteiger partial charge in [0, 0.05) is 48.5 Å². The lowest BCUT2D eigenvalue weighted by Gasteiger charge is -2.22. The molecular weight excluding hydrogens is 302 g/mol. The second kappa shape index (κ2) is 6.16. The van der Waals surface area contributed by atoms with Crippen molar-refractivity contribution in [2.24, 2.45) is 0 Å². The first-order chi connectivity index (χ1) is 11.8. The summed E-state index contributed by atoms with van der Waals surface area (Å²) in [5, 5.41) is 7.81. The van der Waals surface area contributed by atoms with E-state index in [0.717, 1.165) is 60.6 Å². The lowest BCUT2D eigenvalue weighted by molar-refractivity contribution is 0.455. The molecule has 1 aliphatic heterocycles. The Morgan fingerprint density at radius 1 is 1.29 bits per heavy atom. The Bertz CT molecular complexity index is 847. The molecule has 0 radical (unpaired) electrons. The van der Waals surface area contributed by atoms with Gasteiger partial charge in [-0.05, 0) is 19.4 Å². The number of nitrogen functional groups attached to an aromatic ring is 1. The van der Waals surface area contributed by atoms with E-state index in [1.165, 1.54) is 0 Å². The normalized spacial score (nSPS) is 18.1. The van der Waals surface area contributed by atoms with Gasteiger partial charge in [-0.25, -0.2) is 15.0 Å². The minimum absolute atomic E-state index is 0.396. The van der Waals surface area contributed by atoms with Crippen LogP contribution >= 0.6 is 0 Å². The third-order valence-electron chi connectivity index (χ3n) is 4.57. The van der Waals surface area contributed by atoms with E-state index < -0.39 is 0 Å². The monoisotopic (exact) mass is 323 g/mol. The molecule has 1 saturated heterocycles. The number of hydrogen-bond donors (Lipinski definition) is 2. The van der Waals surface area contributed by atoms with Crippen LogP contribution in [0.3, 0.4) is 0 Å². The van der Waals surface area contributed by atoms with Crippen molar-refractivity contribution >= 4 is 11.5 Å². The highest BCUT2D eigenvalue weighted by Gasteiger charge is 2.20. The van der Waals surface area contributed by atoms with Crippen LogP contribution in [0.4, 0.5) is 5.82 Å². The second-order valence-corrected chi connectivity index (χ2v) is 6.18. The zero-order chi connectivity index (χ0) is 16.5. The van der Waals surface area contributed by atoms with E-state index in [1.54, 1.807) is 10.7 Å². The highest BCUT2D eigenvalue weighted by Crippen LogP contribution is 2.28. The number of rotatable bonds is 3. The highest BCUT2D eigenvalue weighted by atomic mass is 15.3. The summed E-state index contributed by atoms with van der Waals surface area (Å²) in [6.07, 6.45) is 8.55. The molecule has 0 aromatic carbocycles. The molecule has 3 N–H and O–H groups in total. The van der Waals surface area contributed by atoms with E-state index in [1.807, 2.05) is 25.4 Å². The molecule has 0 saturated carbocycles. The van der Waals surface area contributed by atoms with E-state index in [4.69, 9.17) is 10.7 Å². The molecule has 3 aromatic heterocycles. The summed E-state index contributed by atoms with van der Waals surface area (Å²) in [6.45, 7) is 4.06. The quantitative estimate of drug-likeness (QED) is 0.763. The van der Waals surface area contributed by atoms with Gasteiger partial charge in [-0.2, -0.15) is 9.61 Å². The van der Waals surface area contributed by atoms with E-state index in [-0.39, 0.29) is 0 Å². The Kier molecular flexibility index (Phi) is 3.86. The van der Waals surface area contributed by atoms with Gasteiger partial charge in [0.15, 0.2) is 5.65 Å². The number of nitrogens with two attached hydrogens (primary N) is 1. The molecule has 0 aliphatic carbocycles. The van der Waals surface area contributed by atoms with Gasteiger partial charge in [-0.3, -0.25) is 0 Å². The molecular formula is C17H21N7. The second-order valence-electron chi connectivity index (χ2n) is 6.18. The summed E-state index contributed by atoms with van der Waals surface area (Å²) in [5.74, 6) is 1.84. The summed E-state index contributed by atoms with van der Waals surface area (Å²) >= 11 is 0. The van der Waals surface area contributed by atoms with Crippen LogP contribution in [0.5, 0.6) is 0 Å². The number of nitrogens with zero attached hydrogens (tertiary/aromatic N) is 5. The van der Waals surface area contributed by atoms with Crippen molar-refractivity contribution in [1.29, 1.82) is 0 Å². The van der Waals surface area contributed by atoms with Gasteiger partial charge in [0.1, 0.15) is 11.6 Å². The van der Waals surface area contributed by atoms with Crippen molar-refractivity contribution in [3.05, 3.63) is 36.2 Å². The number of aromatic nitrogens is 5. The zero-order valence-corrected chi connectivity index (χ0v) is 13.7. The number of aryl methyl sites for hydroxylation is 1. The standard InChI is InChI=1S/C17H21N7/c1-2-16-20-8-12(9-21-16)13-10-22-24-15(18)6-14(23-17(13)24)11-4-3-5-19-7-11/h6,8-11,19H,2-5,7,18H2,1H3. The molecule has 1 atom stereocenters. The van der Waals surface area contributed by atoms with Crippen LogP contribution in [-0.2, 0) is 6.42 Å². The summed E-state index contributed by atoms with van der Waals surface area (Å²) in [6, 6.07) is 1.94. The van der Waals surface area contributed by atoms with Gasteiger partial charge in [0.2, 0.25) is 0 Å². The molecule has 1 aliphatic rings. The minimum atomic E-state index is 0.396. The maximum Gasteiger partial charge on any atom is 0.165 e. The fraction of sp³-hybridized carbons (Fsp3) is 0.412. The van der Waals surface area contributed by atoms with Crippen LogP contribution in [0.2, 0.25) is 0 Å². The molecule has 0 amide bonds. The van der Waals surface area contributed by atoms with Crippen LogP contribution < -0.4 is 11.1 Å². The molecule has 3 aromatic rings. The number of fused-ring (bicyclic) bond motifs is 1. The van der Waals surface area contributed by atoms with E-state index >= 15 is 0 Å². The first-order valence-electron chi connectivity index (χ1n) is 8.42. The highest BCUT2D eigenvalue weighted by molar-refractivity contribution is 5.77. The third kappa shape index (κ3) is 2.60. The van der Waals surface area contributed by atoms with Crippen LogP contribution in [-0.4, -0.2) is 37.7 Å². The summed E-state index contributed by atoms with van der Waals surface area (Å²) in [5.41, 5.74) is 9.83. The largest absolute Gasteiger partial charge is 0.384 e. The molecule has 0 spiro atoms. The SMILES string of the molecule is CCc1ncc(-c2cnn3c(N)cc(C4CCCNC4)nc23)cn1. The predicted molar refractivity (Wildman–Crippen MR) is 92.6 cm³/mol. The Labute approximate surface area is 140 Å². The summed E-state index contributed by atoms with van der Waals surface area (Å²) in [4.78, 5) is 13.6. The number of nitrogens with one attached hydrogen (secondary N) is 1. The van der Waals surface area contributed by atoms with Crippen molar-refractivity contribution < 1.29 is 0 Å². The van der Waals surface area contributed by atoms with Crippen LogP contribution in [0.25, 0.3) is 16.8 Å². The number of anilines is 1. The zero-order valence-electron chi connectivity index (χ0n) is 13.7. The maximum atomic E-state index is 6.21. The first-order valence-corrected chi connectivity index (χ1v) is 8.42. The Balaban J connectivity index is 1.79. The molecule has 1 unspecified atom stereocenters. The Hall–Kier alpha value is -2.54. The van der Waals surface area contributed by atoms with Gasteiger partial charge >= 0.3 is 0 Å². The summed E-state index contributed by atoms with van der Waals surface area (Å²) < 4.78 is 1.68. The topological polar surface area (TPSA) is 94.0 Å². The van der Waals surface area contributed by atoms with Crippen LogP contribution in [0.15, 0.2) is 24.7 Å². The predicted octanol–water partition coefficient (Wildman–Crippen LogP) is 1.80. The Morgan fingerprint density at radius 2 is 2.12 bits per heavy atom. The summed E-state index contributed by atoms with van der Waals surface area (Å²) in [7, 11) is 0. The fourth-order valence-corrected chi connectivity index (χ4v) is 3.20. The van der Waals surface area contributed by atoms with Gasteiger partial charge < -0.3 is 11.1 Å². The molecule has 7 nitrogen and oxygen atoms in total. The molecule has 4 rings (SSSR count). The molecule has 7 heteroatoms. The molecule has 124 valence electrons. The molecule has 0 bridgehead atoms. The van der Waals surface area contributed by atoms with E-state index in [9.17, 15) is 0 Å². The smallest absolute Gasteiger partial charge is 0.165 e. The Morgan fingerprint density at radius 3 is 2.83 bits per heavy atom. The molecule has 4 heterocycles. The van der Waals surface area contributed by atoms with Gasteiger partial charge in [-0.15, -0.1) is 0 Å². The first kappa shape index (κ1) is 15.0. The average Bonchev–Trinajstić information content (AvgIpc) is 3.07. The van der Waals surface area contributed by atoms with Crippen LogP contribution in [0, 0.1) is 0 Å². The fourth-order valence-electron chi connectivity index (χ4n) is 3.20. The average molecular weight is 323 g/mol. The van der Waals surface area contributed by atoms with Crippen molar-refractivity contribution in [3.63, 3.8) is 0 Å². The van der Waals surface area contributed by atoms with Crippen molar-refractivity contribution in [2.45, 2.75) is 32.1 Å². The van der Waals surface area contributed by atoms with E-state index in [2.05, 4.69) is 20.4 Å². The van der Waals surface area contributed by atoms with Crippen molar-refractivity contribution in [2.75, 3.05) is 18.8 Å². The van der Waals surface area contributed by atoms with Gasteiger partial charge in [0.05, 0.1) is 11.9 Å². The van der Waals surface area contributed by atoms with Crippen molar-refractivity contribution in [1.82, 2.24) is 29.9 Å². The lowest BCUT2D eigenvalue weighted by atomic mass is 9.96. The number of piperidine rings is 1. The maximum absolute atomic E-state index is 6.21.